The Kier molecular flexibility index (Phi) is 4.29. The molecule has 108 valence electrons. The van der Waals surface area contributed by atoms with E-state index in [1.54, 1.807) is 0 Å². The molecule has 6 heteroatoms. The summed E-state index contributed by atoms with van der Waals surface area (Å²) in [7, 11) is 0. The first-order valence-electron chi connectivity index (χ1n) is 7.00. The number of hydrogen-bond donors (Lipinski definition) is 3. The predicted molar refractivity (Wildman–Crippen MR) is 70.8 cm³/mol. The summed E-state index contributed by atoms with van der Waals surface area (Å²) in [5, 5.41) is 15.0. The molecule has 1 saturated heterocycles. The van der Waals surface area contributed by atoms with Crippen LogP contribution in [0.2, 0.25) is 0 Å². The molecule has 0 aromatic heterocycles. The third-order valence-corrected chi connectivity index (χ3v) is 4.28. The number of rotatable bonds is 5. The van der Waals surface area contributed by atoms with Crippen molar-refractivity contribution in [1.82, 2.24) is 5.32 Å². The summed E-state index contributed by atoms with van der Waals surface area (Å²) >= 11 is 0. The molecule has 0 radical (unpaired) electrons. The van der Waals surface area contributed by atoms with Gasteiger partial charge in [-0.1, -0.05) is 18.5 Å². The molecule has 2 unspecified atom stereocenters. The first kappa shape index (κ1) is 14.1. The zero-order chi connectivity index (χ0) is 13.9. The van der Waals surface area contributed by atoms with Gasteiger partial charge in [0, 0.05) is 19.3 Å². The minimum atomic E-state index is -0.896. The summed E-state index contributed by atoms with van der Waals surface area (Å²) in [4.78, 5) is 12.5. The van der Waals surface area contributed by atoms with Crippen molar-refractivity contribution in [3.05, 3.63) is 0 Å². The molecule has 19 heavy (non-hydrogen) atoms. The van der Waals surface area contributed by atoms with Crippen molar-refractivity contribution >= 4 is 11.7 Å². The van der Waals surface area contributed by atoms with Crippen LogP contribution in [0.1, 0.15) is 39.0 Å². The van der Waals surface area contributed by atoms with Gasteiger partial charge in [-0.25, -0.2) is 0 Å². The van der Waals surface area contributed by atoms with E-state index >= 15 is 0 Å². The van der Waals surface area contributed by atoms with E-state index in [4.69, 9.17) is 15.7 Å². The number of nitrogens with zero attached hydrogens (tertiary/aromatic N) is 1. The van der Waals surface area contributed by atoms with Crippen molar-refractivity contribution in [2.45, 2.75) is 45.1 Å². The minimum Gasteiger partial charge on any atom is -0.409 e. The van der Waals surface area contributed by atoms with E-state index in [-0.39, 0.29) is 17.8 Å². The average Bonchev–Trinajstić information content (AvgIpc) is 3.16. The van der Waals surface area contributed by atoms with Crippen molar-refractivity contribution < 1.29 is 14.7 Å². The fourth-order valence-electron chi connectivity index (χ4n) is 2.84. The molecule has 2 rings (SSSR count). The van der Waals surface area contributed by atoms with E-state index in [9.17, 15) is 4.79 Å². The van der Waals surface area contributed by atoms with Gasteiger partial charge in [0.2, 0.25) is 5.91 Å². The number of carbonyl (C=O) groups is 1. The zero-order valence-electron chi connectivity index (χ0n) is 11.4. The molecule has 1 saturated carbocycles. The highest BCUT2D eigenvalue weighted by atomic mass is 16.5. The minimum absolute atomic E-state index is 0.000918. The second-order valence-electron chi connectivity index (χ2n) is 5.54. The first-order chi connectivity index (χ1) is 9.14. The fraction of sp³-hybridized carbons (Fsp3) is 0.846. The summed E-state index contributed by atoms with van der Waals surface area (Å²) in [6, 6.07) is 0.263. The van der Waals surface area contributed by atoms with Crippen LogP contribution in [0.3, 0.4) is 0 Å². The maximum Gasteiger partial charge on any atom is 0.234 e. The molecule has 2 atom stereocenters. The maximum absolute atomic E-state index is 12.5. The summed E-state index contributed by atoms with van der Waals surface area (Å²) in [6.45, 7) is 3.08. The molecule has 2 aliphatic rings. The molecule has 0 aromatic carbocycles. The van der Waals surface area contributed by atoms with Crippen LogP contribution in [0.25, 0.3) is 0 Å². The Labute approximate surface area is 113 Å². The molecule has 0 bridgehead atoms. The van der Waals surface area contributed by atoms with Crippen LogP contribution >= 0.6 is 0 Å². The highest BCUT2D eigenvalue weighted by Gasteiger charge is 2.47. The van der Waals surface area contributed by atoms with Gasteiger partial charge in [0.15, 0.2) is 5.84 Å². The van der Waals surface area contributed by atoms with Gasteiger partial charge in [0.25, 0.3) is 0 Å². The number of oxime groups is 1. The lowest BCUT2D eigenvalue weighted by atomic mass is 9.78. The number of amidine groups is 1. The van der Waals surface area contributed by atoms with Crippen LogP contribution in [0.15, 0.2) is 5.16 Å². The number of ether oxygens (including phenoxy) is 1. The Morgan fingerprint density at radius 1 is 1.53 bits per heavy atom. The molecule has 1 heterocycles. The van der Waals surface area contributed by atoms with Crippen LogP contribution < -0.4 is 11.1 Å². The van der Waals surface area contributed by atoms with Crippen molar-refractivity contribution in [2.24, 2.45) is 22.2 Å². The van der Waals surface area contributed by atoms with Gasteiger partial charge in [0.05, 0.1) is 0 Å². The normalized spacial score (nSPS) is 29.8. The second kappa shape index (κ2) is 5.77. The first-order valence-corrected chi connectivity index (χ1v) is 7.00. The Bertz CT molecular complexity index is 364. The van der Waals surface area contributed by atoms with Crippen LogP contribution in [0, 0.1) is 11.3 Å². The second-order valence-corrected chi connectivity index (χ2v) is 5.54. The summed E-state index contributed by atoms with van der Waals surface area (Å²) in [5.41, 5.74) is 4.86. The lowest BCUT2D eigenvalue weighted by molar-refractivity contribution is -0.131. The molecule has 6 nitrogen and oxygen atoms in total. The molecule has 0 spiro atoms. The van der Waals surface area contributed by atoms with E-state index in [2.05, 4.69) is 17.4 Å². The fourth-order valence-corrected chi connectivity index (χ4v) is 2.84. The van der Waals surface area contributed by atoms with Gasteiger partial charge >= 0.3 is 0 Å². The van der Waals surface area contributed by atoms with Crippen molar-refractivity contribution in [3.63, 3.8) is 0 Å². The smallest absolute Gasteiger partial charge is 0.234 e. The van der Waals surface area contributed by atoms with Gasteiger partial charge in [-0.05, 0) is 31.6 Å². The van der Waals surface area contributed by atoms with E-state index in [0.717, 1.165) is 19.3 Å². The van der Waals surface area contributed by atoms with E-state index in [0.29, 0.717) is 32.0 Å². The van der Waals surface area contributed by atoms with Crippen LogP contribution in [-0.4, -0.2) is 36.2 Å². The van der Waals surface area contributed by atoms with Gasteiger partial charge < -0.3 is 21.0 Å². The Balaban J connectivity index is 2.01. The number of amides is 1. The highest BCUT2D eigenvalue weighted by molar-refractivity contribution is 6.07. The molecule has 4 N–H and O–H groups in total. The standard InChI is InChI=1S/C13H23N3O3/c1-2-3-9-8-10(9)15-12(17)13(11(14)16-18)4-6-19-7-5-13/h9-10,18H,2-8H2,1H3,(H2,14,16)(H,15,17). The number of nitrogens with two attached hydrogens (primary N) is 1. The third kappa shape index (κ3) is 2.83. The zero-order valence-corrected chi connectivity index (χ0v) is 11.4. The van der Waals surface area contributed by atoms with Gasteiger partial charge in [-0.2, -0.15) is 0 Å². The predicted octanol–water partition coefficient (Wildman–Crippen LogP) is 0.834. The lowest BCUT2D eigenvalue weighted by Gasteiger charge is -2.34. The van der Waals surface area contributed by atoms with Crippen molar-refractivity contribution in [3.8, 4) is 0 Å². The molecular formula is C13H23N3O3. The van der Waals surface area contributed by atoms with Crippen molar-refractivity contribution in [2.75, 3.05) is 13.2 Å². The molecule has 2 fully saturated rings. The Morgan fingerprint density at radius 3 is 2.79 bits per heavy atom. The molecular weight excluding hydrogens is 246 g/mol. The topological polar surface area (TPSA) is 96.9 Å². The Hall–Kier alpha value is -1.30. The largest absolute Gasteiger partial charge is 0.409 e. The van der Waals surface area contributed by atoms with Crippen LogP contribution in [-0.2, 0) is 9.53 Å². The quantitative estimate of drug-likeness (QED) is 0.298. The lowest BCUT2D eigenvalue weighted by Crippen LogP contribution is -2.53. The van der Waals surface area contributed by atoms with Crippen LogP contribution in [0.4, 0.5) is 0 Å². The van der Waals surface area contributed by atoms with Gasteiger partial charge in [-0.15, -0.1) is 0 Å². The Morgan fingerprint density at radius 2 is 2.21 bits per heavy atom. The van der Waals surface area contributed by atoms with Gasteiger partial charge in [0.1, 0.15) is 5.41 Å². The van der Waals surface area contributed by atoms with Crippen LogP contribution in [0.5, 0.6) is 0 Å². The third-order valence-electron chi connectivity index (χ3n) is 4.28. The number of hydrogen-bond acceptors (Lipinski definition) is 4. The molecule has 1 aliphatic carbocycles. The number of carbonyl (C=O) groups excluding carboxylic acids is 1. The summed E-state index contributed by atoms with van der Waals surface area (Å²) in [6.07, 6.45) is 4.27. The molecule has 1 amide bonds. The monoisotopic (exact) mass is 269 g/mol. The van der Waals surface area contributed by atoms with E-state index in [1.165, 1.54) is 0 Å². The summed E-state index contributed by atoms with van der Waals surface area (Å²) in [5.74, 6) is 0.480. The SMILES string of the molecule is CCCC1CC1NC(=O)C1(C(N)=NO)CCOCC1. The van der Waals surface area contributed by atoms with Crippen molar-refractivity contribution in [1.29, 1.82) is 0 Å². The highest BCUT2D eigenvalue weighted by Crippen LogP contribution is 2.37. The van der Waals surface area contributed by atoms with E-state index < -0.39 is 5.41 Å². The number of nitrogens with one attached hydrogen (secondary N) is 1. The van der Waals surface area contributed by atoms with Gasteiger partial charge in [-0.3, -0.25) is 4.79 Å². The molecule has 0 aromatic rings. The van der Waals surface area contributed by atoms with E-state index in [1.807, 2.05) is 0 Å². The maximum atomic E-state index is 12.5. The summed E-state index contributed by atoms with van der Waals surface area (Å²) < 4.78 is 5.28. The molecule has 1 aliphatic heterocycles. The average molecular weight is 269 g/mol.